The van der Waals surface area contributed by atoms with E-state index in [0.717, 1.165) is 66.7 Å². The van der Waals surface area contributed by atoms with Gasteiger partial charge in [-0.3, -0.25) is 9.98 Å². The predicted octanol–water partition coefficient (Wildman–Crippen LogP) is 25.0. The number of hydrogen-bond acceptors (Lipinski definition) is 4. The maximum Gasteiger partial charge on any atom is 0.105 e. The monoisotopic (exact) mass is 1290 g/mol. The summed E-state index contributed by atoms with van der Waals surface area (Å²) in [5.74, 6) is 0. The number of fused-ring (bicyclic) bond motifs is 21. The second-order valence-electron chi connectivity index (χ2n) is 28.0. The van der Waals surface area contributed by atoms with Crippen molar-refractivity contribution < 1.29 is 0 Å². The van der Waals surface area contributed by atoms with E-state index in [0.29, 0.717) is 0 Å². The van der Waals surface area contributed by atoms with E-state index in [2.05, 4.69) is 341 Å². The molecule has 21 rings (SSSR count). The van der Waals surface area contributed by atoms with Gasteiger partial charge in [-0.2, -0.15) is 0 Å². The molecule has 3 aliphatic rings. The van der Waals surface area contributed by atoms with Crippen molar-refractivity contribution in [3.05, 3.63) is 379 Å². The Bertz CT molecular complexity index is 6600. The molecule has 3 aromatic heterocycles. The molecule has 474 valence electrons. The van der Waals surface area contributed by atoms with Crippen LogP contribution >= 0.6 is 0 Å². The van der Waals surface area contributed by atoms with Crippen molar-refractivity contribution in [3.8, 4) is 67.0 Å². The van der Waals surface area contributed by atoms with Gasteiger partial charge in [-0.15, -0.1) is 0 Å². The van der Waals surface area contributed by atoms with Gasteiger partial charge in [0.05, 0.1) is 33.5 Å². The Morgan fingerprint density at radius 1 is 0.333 bits per heavy atom. The van der Waals surface area contributed by atoms with E-state index in [1.165, 1.54) is 131 Å². The van der Waals surface area contributed by atoms with Crippen LogP contribution in [0.1, 0.15) is 52.0 Å². The van der Waals surface area contributed by atoms with Crippen molar-refractivity contribution in [3.63, 3.8) is 0 Å². The molecule has 15 aromatic carbocycles. The molecule has 4 heteroatoms. The van der Waals surface area contributed by atoms with Gasteiger partial charge in [-0.25, -0.2) is 9.97 Å². The zero-order chi connectivity index (χ0) is 67.2. The Morgan fingerprint density at radius 2 is 0.853 bits per heavy atom. The van der Waals surface area contributed by atoms with Crippen LogP contribution in [0.5, 0.6) is 0 Å². The van der Waals surface area contributed by atoms with Crippen LogP contribution in [0.2, 0.25) is 0 Å². The zero-order valence-corrected chi connectivity index (χ0v) is 55.9. The van der Waals surface area contributed by atoms with E-state index >= 15 is 0 Å². The highest BCUT2D eigenvalue weighted by atomic mass is 14.9. The fourth-order valence-corrected chi connectivity index (χ4v) is 17.9. The number of rotatable bonds is 8. The van der Waals surface area contributed by atoms with Crippen LogP contribution in [-0.4, -0.2) is 21.2 Å². The normalized spacial score (nSPS) is 15.7. The molecule has 0 amide bonds. The molecular formula is C98H62N4. The number of hydrogen-bond donors (Lipinski definition) is 0. The second kappa shape index (κ2) is 22.5. The third kappa shape index (κ3) is 8.63. The Morgan fingerprint density at radius 3 is 1.58 bits per heavy atom. The molecule has 4 heterocycles. The number of dihydropyridines is 1. The van der Waals surface area contributed by atoms with E-state index in [1.807, 2.05) is 18.5 Å². The molecule has 1 aliphatic heterocycles. The van der Waals surface area contributed by atoms with Gasteiger partial charge in [0.15, 0.2) is 0 Å². The number of nitrogens with zero attached hydrogens (tertiary/aromatic N) is 4. The fourth-order valence-electron chi connectivity index (χ4n) is 17.9. The lowest BCUT2D eigenvalue weighted by Crippen LogP contribution is -2.30. The first kappa shape index (κ1) is 58.0. The molecule has 4 nitrogen and oxygen atoms in total. The lowest BCUT2D eigenvalue weighted by atomic mass is 9.66. The van der Waals surface area contributed by atoms with Gasteiger partial charge in [0.25, 0.3) is 0 Å². The maximum absolute atomic E-state index is 5.79. The van der Waals surface area contributed by atoms with Gasteiger partial charge in [0.2, 0.25) is 0 Å². The van der Waals surface area contributed by atoms with Crippen molar-refractivity contribution in [2.45, 2.75) is 18.4 Å². The molecule has 102 heavy (non-hydrogen) atoms. The van der Waals surface area contributed by atoms with Gasteiger partial charge >= 0.3 is 0 Å². The summed E-state index contributed by atoms with van der Waals surface area (Å²) >= 11 is 0. The van der Waals surface area contributed by atoms with Crippen LogP contribution in [-0.2, 0) is 5.41 Å². The fraction of sp³-hybridized carbons (Fsp3) is 0.0408. The Kier molecular flexibility index (Phi) is 12.8. The molecule has 18 aromatic rings. The minimum absolute atomic E-state index is 0.274. The Hall–Kier alpha value is -13.0. The van der Waals surface area contributed by atoms with E-state index in [9.17, 15) is 0 Å². The first-order valence-electron chi connectivity index (χ1n) is 35.3. The van der Waals surface area contributed by atoms with Gasteiger partial charge < -0.3 is 0 Å². The highest BCUT2D eigenvalue weighted by molar-refractivity contribution is 6.29. The summed E-state index contributed by atoms with van der Waals surface area (Å²) < 4.78 is 0. The lowest BCUT2D eigenvalue weighted by Gasteiger charge is -2.41. The van der Waals surface area contributed by atoms with Crippen molar-refractivity contribution >= 4 is 104 Å². The number of benzene rings is 15. The lowest BCUT2D eigenvalue weighted by molar-refractivity contribution is 0.439. The van der Waals surface area contributed by atoms with Crippen molar-refractivity contribution in [1.29, 1.82) is 0 Å². The highest BCUT2D eigenvalue weighted by Gasteiger charge is 2.48. The van der Waals surface area contributed by atoms with Crippen molar-refractivity contribution in [1.82, 2.24) is 15.0 Å². The van der Waals surface area contributed by atoms with Crippen LogP contribution in [0, 0.1) is 5.41 Å². The molecule has 0 radical (unpaired) electrons. The van der Waals surface area contributed by atoms with Crippen LogP contribution < -0.4 is 0 Å². The van der Waals surface area contributed by atoms with Crippen LogP contribution in [0.3, 0.4) is 0 Å². The third-order valence-electron chi connectivity index (χ3n) is 22.6. The first-order chi connectivity index (χ1) is 50.4. The molecule has 0 N–H and O–H groups in total. The number of pyridine rings is 3. The van der Waals surface area contributed by atoms with E-state index in [4.69, 9.17) is 19.9 Å². The topological polar surface area (TPSA) is 51.0 Å². The summed E-state index contributed by atoms with van der Waals surface area (Å²) in [6, 6.07) is 119. The highest BCUT2D eigenvalue weighted by Crippen LogP contribution is 2.60. The molecule has 0 spiro atoms. The summed E-state index contributed by atoms with van der Waals surface area (Å²) in [5, 5.41) is 17.2. The zero-order valence-electron chi connectivity index (χ0n) is 55.9. The first-order valence-corrected chi connectivity index (χ1v) is 35.3. The molecular weight excluding hydrogens is 1230 g/mol. The maximum atomic E-state index is 5.79. The average Bonchev–Trinajstić information content (AvgIpc) is 1.50. The van der Waals surface area contributed by atoms with Gasteiger partial charge in [0, 0.05) is 39.7 Å². The number of aliphatic imine (C=N–C) groups is 1. The largest absolute Gasteiger partial charge is 0.282 e. The van der Waals surface area contributed by atoms with E-state index in [-0.39, 0.29) is 6.04 Å². The summed E-state index contributed by atoms with van der Waals surface area (Å²) in [5.41, 5.74) is 23.7. The van der Waals surface area contributed by atoms with E-state index < -0.39 is 10.8 Å². The summed E-state index contributed by atoms with van der Waals surface area (Å²) in [7, 11) is 0. The smallest absolute Gasteiger partial charge is 0.105 e. The molecule has 0 fully saturated rings. The van der Waals surface area contributed by atoms with Crippen LogP contribution in [0.4, 0.5) is 0 Å². The molecule has 0 bridgehead atoms. The molecule has 0 saturated carbocycles. The Labute approximate surface area is 590 Å². The molecule has 2 aliphatic carbocycles. The van der Waals surface area contributed by atoms with Crippen molar-refractivity contribution in [2.24, 2.45) is 10.4 Å². The summed E-state index contributed by atoms with van der Waals surface area (Å²) in [4.78, 5) is 21.1. The minimum atomic E-state index is -0.645. The van der Waals surface area contributed by atoms with Gasteiger partial charge in [0.1, 0.15) is 6.04 Å². The summed E-state index contributed by atoms with van der Waals surface area (Å²) in [6.07, 6.45) is 10.7. The predicted molar refractivity (Wildman–Crippen MR) is 427 cm³/mol. The standard InChI is InChI=1S/C98H62N4/c1-97-52-18-54-100-96(97)95-69(59-87(97)82-34-15-33-81-79-47-42-65(56-84(79)77-30-12-13-31-80(77)91(81)82)61-38-36-60(37-39-61)64-19-14-20-67(55-64)89-50-45-63-41-40-62-21-17-53-99-93(62)94(63)101-89)46-51-90(102-95)68-44-49-83-88(58-68)98(70-22-4-2-5-23-70,71-24-6-3-7-25-71)86-35-16-32-72(92(83)86)66-43-48-78-75-28-9-8-26-73(75)74-27-10-11-29-76(74)85(78)57-66/h2-59,96H,1H3. The second-order valence-corrected chi connectivity index (χ2v) is 28.0. The molecule has 2 atom stereocenters. The van der Waals surface area contributed by atoms with Gasteiger partial charge in [-0.1, -0.05) is 285 Å². The average molecular weight is 1300 g/mol. The molecule has 0 saturated heterocycles. The summed E-state index contributed by atoms with van der Waals surface area (Å²) in [6.45, 7) is 2.37. The quantitative estimate of drug-likeness (QED) is 0.143. The van der Waals surface area contributed by atoms with Gasteiger partial charge in [-0.05, 0) is 210 Å². The van der Waals surface area contributed by atoms with Crippen LogP contribution in [0.15, 0.2) is 345 Å². The SMILES string of the molecule is CC12C=CC=NC1c1nc(-c3ccc4c(c3)C(c3ccccc3)(c3ccccc3)c3cccc(-c5ccc6c7ccccc7c7ccccc7c6c5)c3-4)ccc1C=C2c1cccc2c3ccc(-c4ccc(-c5cccc(-c6ccc7ccc8cccnc8c7n6)c5)cc4)cc3c3ccccc3c12. The number of aromatic nitrogens is 3. The number of allylic oxidation sites excluding steroid dienone is 1. The minimum Gasteiger partial charge on any atom is -0.282 e. The van der Waals surface area contributed by atoms with Crippen molar-refractivity contribution in [2.75, 3.05) is 0 Å². The molecule has 2 unspecified atom stereocenters. The van der Waals surface area contributed by atoms with E-state index in [1.54, 1.807) is 0 Å². The third-order valence-corrected chi connectivity index (χ3v) is 22.6. The van der Waals surface area contributed by atoms with Crippen LogP contribution in [0.25, 0.3) is 165 Å². The Balaban J connectivity index is 0.661.